The van der Waals surface area contributed by atoms with Gasteiger partial charge in [0.05, 0.1) is 18.8 Å². The van der Waals surface area contributed by atoms with E-state index >= 15 is 0 Å². The average Bonchev–Trinajstić information content (AvgIpc) is 3.16. The predicted molar refractivity (Wildman–Crippen MR) is 105 cm³/mol. The van der Waals surface area contributed by atoms with Crippen LogP contribution in [0.3, 0.4) is 0 Å². The molecule has 1 aromatic heterocycles. The second-order valence-corrected chi connectivity index (χ2v) is 6.74. The van der Waals surface area contributed by atoms with Crippen LogP contribution in [-0.4, -0.2) is 79.8 Å². The van der Waals surface area contributed by atoms with Crippen molar-refractivity contribution in [3.8, 4) is 0 Å². The first-order chi connectivity index (χ1) is 14.0. The zero-order valence-corrected chi connectivity index (χ0v) is 16.9. The van der Waals surface area contributed by atoms with Gasteiger partial charge in [-0.25, -0.2) is 9.78 Å². The second kappa shape index (κ2) is 11.8. The Balaban J connectivity index is 3.02. The summed E-state index contributed by atoms with van der Waals surface area (Å²) in [5.41, 5.74) is 5.87. The SMILES string of the molecule is CC(N)C(=O)NC(CC(=O)O)C(=O)NC(Cc1cnc[nH]1)C(=O)NC(CS)C(=O)O. The third-order valence-corrected chi connectivity index (χ3v) is 4.20. The first-order valence-electron chi connectivity index (χ1n) is 8.74. The van der Waals surface area contributed by atoms with E-state index < -0.39 is 60.2 Å². The Morgan fingerprint density at radius 2 is 1.63 bits per heavy atom. The van der Waals surface area contributed by atoms with Gasteiger partial charge in [0.15, 0.2) is 0 Å². The minimum atomic E-state index is -1.50. The van der Waals surface area contributed by atoms with Crippen molar-refractivity contribution in [1.82, 2.24) is 25.9 Å². The zero-order chi connectivity index (χ0) is 22.8. The molecule has 0 aromatic carbocycles. The van der Waals surface area contributed by atoms with Crippen molar-refractivity contribution in [2.75, 3.05) is 5.75 Å². The van der Waals surface area contributed by atoms with Crippen molar-refractivity contribution in [2.24, 2.45) is 5.73 Å². The van der Waals surface area contributed by atoms with E-state index in [1.54, 1.807) is 0 Å². The molecular formula is C16H24N6O7S. The molecule has 0 bridgehead atoms. The predicted octanol–water partition coefficient (Wildman–Crippen LogP) is -2.76. The number of carbonyl (C=O) groups is 5. The van der Waals surface area contributed by atoms with Gasteiger partial charge in [-0.15, -0.1) is 0 Å². The van der Waals surface area contributed by atoms with Crippen molar-refractivity contribution in [1.29, 1.82) is 0 Å². The van der Waals surface area contributed by atoms with Crippen LogP contribution in [0.5, 0.6) is 0 Å². The van der Waals surface area contributed by atoms with Gasteiger partial charge in [-0.2, -0.15) is 12.6 Å². The molecule has 30 heavy (non-hydrogen) atoms. The standard InChI is InChI=1S/C16H24N6O7S/c1-7(17)13(25)20-10(3-12(23)24)15(27)21-9(2-8-4-18-6-19-8)14(26)22-11(5-30)16(28)29/h4,6-7,9-11,30H,2-3,5,17H2,1H3,(H,18,19)(H,20,25)(H,21,27)(H,22,26)(H,23,24)(H,28,29). The van der Waals surface area contributed by atoms with Crippen molar-refractivity contribution in [3.63, 3.8) is 0 Å². The number of aromatic nitrogens is 2. The van der Waals surface area contributed by atoms with Gasteiger partial charge in [0.1, 0.15) is 18.1 Å². The number of carboxylic acid groups (broad SMARTS) is 2. The number of aliphatic carboxylic acids is 2. The highest BCUT2D eigenvalue weighted by molar-refractivity contribution is 7.80. The first-order valence-corrected chi connectivity index (χ1v) is 9.37. The Morgan fingerprint density at radius 1 is 1.07 bits per heavy atom. The number of hydrogen-bond donors (Lipinski definition) is 8. The van der Waals surface area contributed by atoms with Crippen molar-refractivity contribution < 1.29 is 34.2 Å². The normalized spacial score (nSPS) is 14.6. The third kappa shape index (κ3) is 8.08. The molecule has 1 aromatic rings. The maximum atomic E-state index is 12.6. The summed E-state index contributed by atoms with van der Waals surface area (Å²) in [5, 5.41) is 24.9. The molecule has 0 spiro atoms. The highest BCUT2D eigenvalue weighted by atomic mass is 32.1. The molecule has 13 nitrogen and oxygen atoms in total. The number of amides is 3. The van der Waals surface area contributed by atoms with Gasteiger partial charge in [0.2, 0.25) is 17.7 Å². The number of carbonyl (C=O) groups excluding carboxylic acids is 3. The molecule has 4 atom stereocenters. The number of imidazole rings is 1. The fourth-order valence-electron chi connectivity index (χ4n) is 2.24. The van der Waals surface area contributed by atoms with Gasteiger partial charge in [-0.1, -0.05) is 0 Å². The van der Waals surface area contributed by atoms with Gasteiger partial charge in [0.25, 0.3) is 0 Å². The highest BCUT2D eigenvalue weighted by Crippen LogP contribution is 2.03. The number of nitrogens with zero attached hydrogens (tertiary/aromatic N) is 1. The van der Waals surface area contributed by atoms with E-state index in [-0.39, 0.29) is 12.2 Å². The maximum Gasteiger partial charge on any atom is 0.327 e. The Morgan fingerprint density at radius 3 is 2.10 bits per heavy atom. The third-order valence-electron chi connectivity index (χ3n) is 3.83. The first kappa shape index (κ1) is 24.9. The number of thiol groups is 1. The lowest BCUT2D eigenvalue weighted by molar-refractivity contribution is -0.142. The number of nitrogens with two attached hydrogens (primary N) is 1. The summed E-state index contributed by atoms with van der Waals surface area (Å²) >= 11 is 3.86. The lowest BCUT2D eigenvalue weighted by Gasteiger charge is -2.23. The molecule has 1 heterocycles. The fraction of sp³-hybridized carbons (Fsp3) is 0.500. The van der Waals surface area contributed by atoms with Gasteiger partial charge in [0, 0.05) is 24.1 Å². The molecule has 3 amide bonds. The summed E-state index contributed by atoms with van der Waals surface area (Å²) < 4.78 is 0. The van der Waals surface area contributed by atoms with Crippen LogP contribution in [0.15, 0.2) is 12.5 Å². The lowest BCUT2D eigenvalue weighted by Crippen LogP contribution is -2.58. The van der Waals surface area contributed by atoms with Crippen LogP contribution in [0.25, 0.3) is 0 Å². The van der Waals surface area contributed by atoms with Crippen LogP contribution in [-0.2, 0) is 30.4 Å². The summed E-state index contributed by atoms with van der Waals surface area (Å²) in [6.45, 7) is 1.35. The Bertz CT molecular complexity index is 770. The molecule has 0 saturated carbocycles. The van der Waals surface area contributed by atoms with Gasteiger partial charge < -0.3 is 36.9 Å². The van der Waals surface area contributed by atoms with E-state index in [2.05, 4.69) is 38.5 Å². The van der Waals surface area contributed by atoms with E-state index in [1.807, 2.05) is 0 Å². The molecule has 166 valence electrons. The van der Waals surface area contributed by atoms with Crippen molar-refractivity contribution in [3.05, 3.63) is 18.2 Å². The molecule has 4 unspecified atom stereocenters. The lowest BCUT2D eigenvalue weighted by atomic mass is 10.1. The summed E-state index contributed by atoms with van der Waals surface area (Å²) in [7, 11) is 0. The second-order valence-electron chi connectivity index (χ2n) is 6.37. The molecule has 1 rings (SSSR count). The molecule has 0 radical (unpaired) electrons. The highest BCUT2D eigenvalue weighted by Gasteiger charge is 2.31. The van der Waals surface area contributed by atoms with Crippen molar-refractivity contribution in [2.45, 2.75) is 43.9 Å². The Hall–Kier alpha value is -3.13. The zero-order valence-electron chi connectivity index (χ0n) is 16.0. The minimum absolute atomic E-state index is 0.0997. The van der Waals surface area contributed by atoms with Crippen LogP contribution < -0.4 is 21.7 Å². The van der Waals surface area contributed by atoms with Crippen LogP contribution in [0, 0.1) is 0 Å². The van der Waals surface area contributed by atoms with E-state index in [4.69, 9.17) is 15.9 Å². The van der Waals surface area contributed by atoms with E-state index in [0.29, 0.717) is 5.69 Å². The number of carboxylic acids is 2. The van der Waals surface area contributed by atoms with Crippen LogP contribution in [0.2, 0.25) is 0 Å². The molecule has 0 saturated heterocycles. The van der Waals surface area contributed by atoms with E-state index in [1.165, 1.54) is 19.4 Å². The number of H-pyrrole nitrogens is 1. The number of aromatic amines is 1. The molecule has 0 aliphatic carbocycles. The molecule has 0 fully saturated rings. The molecular weight excluding hydrogens is 420 g/mol. The summed E-state index contributed by atoms with van der Waals surface area (Å²) in [6, 6.07) is -5.10. The monoisotopic (exact) mass is 444 g/mol. The van der Waals surface area contributed by atoms with Crippen LogP contribution >= 0.6 is 12.6 Å². The number of hydrogen-bond acceptors (Lipinski definition) is 8. The number of rotatable bonds is 12. The fourth-order valence-corrected chi connectivity index (χ4v) is 2.49. The van der Waals surface area contributed by atoms with Gasteiger partial charge in [-0.3, -0.25) is 19.2 Å². The van der Waals surface area contributed by atoms with Gasteiger partial charge in [-0.05, 0) is 6.92 Å². The number of nitrogens with one attached hydrogen (secondary N) is 4. The van der Waals surface area contributed by atoms with Gasteiger partial charge >= 0.3 is 11.9 Å². The quantitative estimate of drug-likeness (QED) is 0.156. The van der Waals surface area contributed by atoms with Crippen LogP contribution in [0.4, 0.5) is 0 Å². The maximum absolute atomic E-state index is 12.6. The minimum Gasteiger partial charge on any atom is -0.481 e. The largest absolute Gasteiger partial charge is 0.481 e. The molecule has 0 aliphatic heterocycles. The smallest absolute Gasteiger partial charge is 0.327 e. The Kier molecular flexibility index (Phi) is 9.77. The van der Waals surface area contributed by atoms with E-state index in [9.17, 15) is 24.0 Å². The molecule has 0 aliphatic rings. The molecule has 8 N–H and O–H groups in total. The summed E-state index contributed by atoms with van der Waals surface area (Å²) in [4.78, 5) is 65.7. The topological polar surface area (TPSA) is 217 Å². The van der Waals surface area contributed by atoms with Crippen LogP contribution in [0.1, 0.15) is 19.0 Å². The van der Waals surface area contributed by atoms with E-state index in [0.717, 1.165) is 0 Å². The summed E-state index contributed by atoms with van der Waals surface area (Å²) in [6.07, 6.45) is 1.89. The van der Waals surface area contributed by atoms with Crippen molar-refractivity contribution >= 4 is 42.3 Å². The summed E-state index contributed by atoms with van der Waals surface area (Å²) in [5.74, 6) is -5.44. The molecule has 14 heteroatoms. The average molecular weight is 444 g/mol. The Labute approximate surface area is 176 Å².